The number of para-hydroxylation sites is 1. The lowest BCUT2D eigenvalue weighted by Crippen LogP contribution is -2.33. The maximum absolute atomic E-state index is 12.6. The molecule has 1 aromatic carbocycles. The van der Waals surface area contributed by atoms with Gasteiger partial charge in [0.2, 0.25) is 0 Å². The zero-order valence-corrected chi connectivity index (χ0v) is 8.12. The summed E-state index contributed by atoms with van der Waals surface area (Å²) in [5, 5.41) is 8.82. The maximum atomic E-state index is 12.6. The van der Waals surface area contributed by atoms with E-state index in [2.05, 4.69) is 0 Å². The Bertz CT molecular complexity index is 389. The average Bonchev–Trinajstić information content (AvgIpc) is 2.26. The Labute approximate surface area is 89.4 Å². The third kappa shape index (κ3) is 1.92. The molecule has 16 heavy (non-hydrogen) atoms. The molecule has 0 saturated carbocycles. The van der Waals surface area contributed by atoms with Gasteiger partial charge in [-0.3, -0.25) is 0 Å². The Morgan fingerprint density at radius 1 is 1.38 bits per heavy atom. The van der Waals surface area contributed by atoms with Crippen molar-refractivity contribution in [2.75, 3.05) is 13.2 Å². The lowest BCUT2D eigenvalue weighted by atomic mass is 10.1. The largest absolute Gasteiger partial charge is 0.486 e. The monoisotopic (exact) mass is 234 g/mol. The van der Waals surface area contributed by atoms with Crippen molar-refractivity contribution < 1.29 is 27.8 Å². The minimum Gasteiger partial charge on any atom is -0.486 e. The highest BCUT2D eigenvalue weighted by atomic mass is 19.4. The van der Waals surface area contributed by atoms with Gasteiger partial charge < -0.3 is 14.6 Å². The molecule has 1 atom stereocenters. The van der Waals surface area contributed by atoms with Crippen molar-refractivity contribution in [2.45, 2.75) is 12.3 Å². The average molecular weight is 234 g/mol. The van der Waals surface area contributed by atoms with Gasteiger partial charge in [0.05, 0.1) is 6.61 Å². The normalized spacial score (nSPS) is 19.6. The van der Waals surface area contributed by atoms with Crippen LogP contribution < -0.4 is 9.47 Å². The van der Waals surface area contributed by atoms with Gasteiger partial charge >= 0.3 is 6.18 Å². The van der Waals surface area contributed by atoms with Crippen LogP contribution in [0, 0.1) is 0 Å². The van der Waals surface area contributed by atoms with Gasteiger partial charge in [-0.1, -0.05) is 6.07 Å². The molecule has 1 unspecified atom stereocenters. The van der Waals surface area contributed by atoms with Crippen molar-refractivity contribution in [3.05, 3.63) is 23.8 Å². The van der Waals surface area contributed by atoms with E-state index in [1.807, 2.05) is 0 Å². The Hall–Kier alpha value is -1.43. The second-order valence-corrected chi connectivity index (χ2v) is 3.36. The first-order valence-corrected chi connectivity index (χ1v) is 4.63. The number of aliphatic hydroxyl groups excluding tert-OH is 1. The van der Waals surface area contributed by atoms with Gasteiger partial charge in [-0.25, -0.2) is 0 Å². The number of ether oxygens (including phenoxy) is 2. The van der Waals surface area contributed by atoms with Crippen LogP contribution in [0.2, 0.25) is 0 Å². The number of alkyl halides is 3. The molecule has 0 radical (unpaired) electrons. The predicted octanol–water partition coefficient (Wildman–Crippen LogP) is 1.84. The lowest BCUT2D eigenvalue weighted by Gasteiger charge is -2.27. The molecule has 0 aromatic heterocycles. The van der Waals surface area contributed by atoms with Crippen LogP contribution in [0.15, 0.2) is 18.2 Å². The summed E-state index contributed by atoms with van der Waals surface area (Å²) in [6.45, 7) is -0.337. The van der Waals surface area contributed by atoms with Crippen molar-refractivity contribution in [1.29, 1.82) is 0 Å². The van der Waals surface area contributed by atoms with Crippen LogP contribution in [0.4, 0.5) is 13.2 Å². The van der Waals surface area contributed by atoms with Crippen LogP contribution >= 0.6 is 0 Å². The van der Waals surface area contributed by atoms with E-state index in [-0.39, 0.29) is 24.7 Å². The predicted molar refractivity (Wildman–Crippen MR) is 48.4 cm³/mol. The first kappa shape index (κ1) is 11.1. The molecular weight excluding hydrogens is 225 g/mol. The number of hydrogen-bond acceptors (Lipinski definition) is 3. The highest BCUT2D eigenvalue weighted by Crippen LogP contribution is 2.43. The van der Waals surface area contributed by atoms with E-state index in [9.17, 15) is 13.2 Å². The molecule has 1 aliphatic rings. The molecule has 1 aromatic rings. The van der Waals surface area contributed by atoms with E-state index in [1.165, 1.54) is 12.1 Å². The molecular formula is C10H9F3O3. The fraction of sp³-hybridized carbons (Fsp3) is 0.400. The second-order valence-electron chi connectivity index (χ2n) is 3.36. The summed E-state index contributed by atoms with van der Waals surface area (Å²) in [4.78, 5) is 0. The topological polar surface area (TPSA) is 38.7 Å². The standard InChI is InChI=1S/C10H9F3O3/c11-10(12,13)7-2-1-3-8-9(7)16-6(4-14)5-15-8/h1-3,6,14H,4-5H2. The van der Waals surface area contributed by atoms with Crippen molar-refractivity contribution >= 4 is 0 Å². The molecule has 1 N–H and O–H groups in total. The molecule has 6 heteroatoms. The van der Waals surface area contributed by atoms with Crippen LogP contribution in [0.3, 0.4) is 0 Å². The van der Waals surface area contributed by atoms with Crippen LogP contribution in [0.1, 0.15) is 5.56 Å². The molecule has 0 aliphatic carbocycles. The van der Waals surface area contributed by atoms with Crippen molar-refractivity contribution in [2.24, 2.45) is 0 Å². The Kier molecular flexibility index (Phi) is 2.67. The Morgan fingerprint density at radius 3 is 2.75 bits per heavy atom. The first-order chi connectivity index (χ1) is 7.52. The number of hydrogen-bond donors (Lipinski definition) is 1. The summed E-state index contributed by atoms with van der Waals surface area (Å²) >= 11 is 0. The van der Waals surface area contributed by atoms with E-state index >= 15 is 0 Å². The van der Waals surface area contributed by atoms with Gasteiger partial charge in [0.15, 0.2) is 17.6 Å². The lowest BCUT2D eigenvalue weighted by molar-refractivity contribution is -0.140. The first-order valence-electron chi connectivity index (χ1n) is 4.63. The fourth-order valence-corrected chi connectivity index (χ4v) is 1.45. The Morgan fingerprint density at radius 2 is 2.12 bits per heavy atom. The molecule has 0 fully saturated rings. The van der Waals surface area contributed by atoms with E-state index in [1.54, 1.807) is 0 Å². The summed E-state index contributed by atoms with van der Waals surface area (Å²) in [6, 6.07) is 3.57. The van der Waals surface area contributed by atoms with Gasteiger partial charge in [0.1, 0.15) is 12.2 Å². The fourth-order valence-electron chi connectivity index (χ4n) is 1.45. The number of aliphatic hydroxyl groups is 1. The zero-order chi connectivity index (χ0) is 11.8. The van der Waals surface area contributed by atoms with Gasteiger partial charge in [-0.2, -0.15) is 13.2 Å². The van der Waals surface area contributed by atoms with Gasteiger partial charge in [-0.15, -0.1) is 0 Å². The molecule has 1 aliphatic heterocycles. The summed E-state index contributed by atoms with van der Waals surface area (Å²) in [7, 11) is 0. The number of rotatable bonds is 1. The SMILES string of the molecule is OCC1COc2cccc(C(F)(F)F)c2O1. The molecule has 3 nitrogen and oxygen atoms in total. The zero-order valence-electron chi connectivity index (χ0n) is 8.12. The smallest absolute Gasteiger partial charge is 0.420 e. The molecule has 88 valence electrons. The number of benzene rings is 1. The van der Waals surface area contributed by atoms with Crippen LogP contribution in [-0.4, -0.2) is 24.4 Å². The molecule has 0 amide bonds. The van der Waals surface area contributed by atoms with E-state index in [0.717, 1.165) is 6.07 Å². The summed E-state index contributed by atoms with van der Waals surface area (Å²) in [5.74, 6) is -0.292. The third-order valence-electron chi connectivity index (χ3n) is 2.20. The van der Waals surface area contributed by atoms with Crippen LogP contribution in [0.25, 0.3) is 0 Å². The minimum atomic E-state index is -4.49. The van der Waals surface area contributed by atoms with E-state index in [4.69, 9.17) is 14.6 Å². The molecule has 0 saturated heterocycles. The van der Waals surface area contributed by atoms with Gasteiger partial charge in [-0.05, 0) is 12.1 Å². The van der Waals surface area contributed by atoms with Crippen molar-refractivity contribution in [1.82, 2.24) is 0 Å². The number of halogens is 3. The van der Waals surface area contributed by atoms with Crippen LogP contribution in [0.5, 0.6) is 11.5 Å². The second kappa shape index (κ2) is 3.86. The molecule has 1 heterocycles. The highest BCUT2D eigenvalue weighted by Gasteiger charge is 2.37. The quantitative estimate of drug-likeness (QED) is 0.805. The molecule has 0 bridgehead atoms. The number of fused-ring (bicyclic) bond motifs is 1. The summed E-state index contributed by atoms with van der Waals surface area (Å²) < 4.78 is 47.9. The van der Waals surface area contributed by atoms with Crippen molar-refractivity contribution in [3.8, 4) is 11.5 Å². The molecule has 0 spiro atoms. The van der Waals surface area contributed by atoms with Gasteiger partial charge in [0, 0.05) is 0 Å². The van der Waals surface area contributed by atoms with Gasteiger partial charge in [0.25, 0.3) is 0 Å². The molecule has 2 rings (SSSR count). The minimum absolute atomic E-state index is 0.0464. The van der Waals surface area contributed by atoms with E-state index < -0.39 is 17.8 Å². The van der Waals surface area contributed by atoms with E-state index in [0.29, 0.717) is 0 Å². The van der Waals surface area contributed by atoms with Crippen LogP contribution in [-0.2, 0) is 6.18 Å². The summed E-state index contributed by atoms with van der Waals surface area (Å²) in [5.41, 5.74) is -0.886. The van der Waals surface area contributed by atoms with Crippen molar-refractivity contribution in [3.63, 3.8) is 0 Å². The maximum Gasteiger partial charge on any atom is 0.420 e. The third-order valence-corrected chi connectivity index (χ3v) is 2.20. The Balaban J connectivity index is 2.42. The highest BCUT2D eigenvalue weighted by molar-refractivity contribution is 5.49. The summed E-state index contributed by atoms with van der Waals surface area (Å²) in [6.07, 6.45) is -5.25.